The molecule has 0 spiro atoms. The van der Waals surface area contributed by atoms with Crippen molar-refractivity contribution in [2.75, 3.05) is 7.11 Å². The van der Waals surface area contributed by atoms with Gasteiger partial charge in [-0.1, -0.05) is 6.08 Å². The van der Waals surface area contributed by atoms with Crippen molar-refractivity contribution >= 4 is 5.97 Å². The number of aliphatic hydroxyl groups is 1. The third-order valence-corrected chi connectivity index (χ3v) is 1.33. The van der Waals surface area contributed by atoms with Crippen molar-refractivity contribution in [3.05, 3.63) is 12.7 Å². The molecule has 0 aromatic heterocycles. The van der Waals surface area contributed by atoms with Crippen LogP contribution in [0.4, 0.5) is 0 Å². The first-order valence-electron chi connectivity index (χ1n) is 3.56. The molecule has 0 aliphatic heterocycles. The van der Waals surface area contributed by atoms with Gasteiger partial charge >= 0.3 is 5.97 Å². The fourth-order valence-corrected chi connectivity index (χ4v) is 0.688. The highest BCUT2D eigenvalue weighted by Gasteiger charge is 2.08. The molecule has 0 rings (SSSR count). The third kappa shape index (κ3) is 5.61. The van der Waals surface area contributed by atoms with Gasteiger partial charge in [-0.25, -0.2) is 0 Å². The first-order chi connectivity index (χ1) is 5.20. The maximum absolute atomic E-state index is 10.6. The second kappa shape index (κ2) is 5.92. The fourth-order valence-electron chi connectivity index (χ4n) is 0.688. The Morgan fingerprint density at radius 3 is 2.91 bits per heavy atom. The normalized spacial score (nSPS) is 12.2. The van der Waals surface area contributed by atoms with Gasteiger partial charge in [0.05, 0.1) is 19.6 Å². The average Bonchev–Trinajstić information content (AvgIpc) is 2.00. The molecule has 0 saturated carbocycles. The van der Waals surface area contributed by atoms with Crippen LogP contribution in [0.5, 0.6) is 0 Å². The van der Waals surface area contributed by atoms with E-state index in [9.17, 15) is 4.79 Å². The summed E-state index contributed by atoms with van der Waals surface area (Å²) in [6.45, 7) is 3.50. The first-order valence-corrected chi connectivity index (χ1v) is 3.56. The van der Waals surface area contributed by atoms with Crippen molar-refractivity contribution < 1.29 is 14.6 Å². The number of allylic oxidation sites excluding steroid dienone is 1. The molecule has 3 heteroatoms. The molecule has 0 bridgehead atoms. The molecule has 0 aromatic carbocycles. The van der Waals surface area contributed by atoms with Crippen LogP contribution in [0.3, 0.4) is 0 Å². The van der Waals surface area contributed by atoms with Gasteiger partial charge in [0.15, 0.2) is 0 Å². The van der Waals surface area contributed by atoms with Gasteiger partial charge in [0, 0.05) is 0 Å². The van der Waals surface area contributed by atoms with Crippen LogP contribution in [0.25, 0.3) is 0 Å². The van der Waals surface area contributed by atoms with Gasteiger partial charge in [0.1, 0.15) is 0 Å². The molecule has 0 saturated heterocycles. The van der Waals surface area contributed by atoms with Crippen LogP contribution in [-0.2, 0) is 9.53 Å². The lowest BCUT2D eigenvalue weighted by atomic mass is 10.1. The van der Waals surface area contributed by atoms with E-state index >= 15 is 0 Å². The highest BCUT2D eigenvalue weighted by Crippen LogP contribution is 2.02. The van der Waals surface area contributed by atoms with E-state index in [2.05, 4.69) is 11.3 Å². The Labute approximate surface area is 66.7 Å². The molecule has 1 atom stereocenters. The van der Waals surface area contributed by atoms with E-state index in [1.54, 1.807) is 6.08 Å². The van der Waals surface area contributed by atoms with Gasteiger partial charge in [-0.2, -0.15) is 0 Å². The molecule has 0 aromatic rings. The molecule has 0 amide bonds. The van der Waals surface area contributed by atoms with Gasteiger partial charge < -0.3 is 9.84 Å². The molecular formula is C8H14O3. The van der Waals surface area contributed by atoms with Crippen LogP contribution >= 0.6 is 0 Å². The minimum atomic E-state index is -0.597. The van der Waals surface area contributed by atoms with Gasteiger partial charge in [-0.15, -0.1) is 6.58 Å². The second-order valence-electron chi connectivity index (χ2n) is 2.30. The number of carbonyl (C=O) groups excluding carboxylic acids is 1. The minimum Gasteiger partial charge on any atom is -0.469 e. The van der Waals surface area contributed by atoms with Crippen LogP contribution in [0, 0.1) is 0 Å². The minimum absolute atomic E-state index is 0.0737. The Morgan fingerprint density at radius 2 is 2.45 bits per heavy atom. The lowest BCUT2D eigenvalue weighted by Gasteiger charge is -2.06. The van der Waals surface area contributed by atoms with Gasteiger partial charge in [-0.3, -0.25) is 4.79 Å². The zero-order valence-electron chi connectivity index (χ0n) is 6.75. The lowest BCUT2D eigenvalue weighted by Crippen LogP contribution is -2.13. The smallest absolute Gasteiger partial charge is 0.308 e. The summed E-state index contributed by atoms with van der Waals surface area (Å²) >= 11 is 0. The molecule has 0 radical (unpaired) electrons. The molecule has 0 heterocycles. The number of carbonyl (C=O) groups is 1. The van der Waals surface area contributed by atoms with Gasteiger partial charge in [-0.05, 0) is 12.8 Å². The summed E-state index contributed by atoms with van der Waals surface area (Å²) in [6.07, 6.45) is 2.47. The van der Waals surface area contributed by atoms with Crippen molar-refractivity contribution in [1.82, 2.24) is 0 Å². The van der Waals surface area contributed by atoms with E-state index in [-0.39, 0.29) is 12.4 Å². The number of hydrogen-bond donors (Lipinski definition) is 1. The molecule has 0 fully saturated rings. The number of esters is 1. The zero-order valence-corrected chi connectivity index (χ0v) is 6.75. The van der Waals surface area contributed by atoms with E-state index < -0.39 is 6.10 Å². The largest absolute Gasteiger partial charge is 0.469 e. The Kier molecular flexibility index (Phi) is 5.47. The topological polar surface area (TPSA) is 46.5 Å². The van der Waals surface area contributed by atoms with E-state index in [4.69, 9.17) is 5.11 Å². The molecular weight excluding hydrogens is 144 g/mol. The maximum atomic E-state index is 10.6. The van der Waals surface area contributed by atoms with Crippen LogP contribution in [-0.4, -0.2) is 24.3 Å². The number of rotatable bonds is 5. The Morgan fingerprint density at radius 1 is 1.82 bits per heavy atom. The summed E-state index contributed by atoms with van der Waals surface area (Å²) in [5.74, 6) is -0.374. The summed E-state index contributed by atoms with van der Waals surface area (Å²) in [7, 11) is 1.31. The summed E-state index contributed by atoms with van der Waals surface area (Å²) in [5.41, 5.74) is 0. The highest BCUT2D eigenvalue weighted by molar-refractivity contribution is 5.69. The maximum Gasteiger partial charge on any atom is 0.308 e. The van der Waals surface area contributed by atoms with E-state index in [0.29, 0.717) is 6.42 Å². The van der Waals surface area contributed by atoms with E-state index in [1.165, 1.54) is 7.11 Å². The summed E-state index contributed by atoms with van der Waals surface area (Å²) in [6, 6.07) is 0. The SMILES string of the molecule is C=CCC[C@@H](O)CC(=O)OC. The predicted molar refractivity (Wildman–Crippen MR) is 42.1 cm³/mol. The summed E-state index contributed by atoms with van der Waals surface area (Å²) < 4.78 is 4.38. The van der Waals surface area contributed by atoms with Crippen molar-refractivity contribution in [2.45, 2.75) is 25.4 Å². The van der Waals surface area contributed by atoms with Crippen LogP contribution in [0.15, 0.2) is 12.7 Å². The van der Waals surface area contributed by atoms with Crippen molar-refractivity contribution in [2.24, 2.45) is 0 Å². The molecule has 3 nitrogen and oxygen atoms in total. The number of hydrogen-bond acceptors (Lipinski definition) is 3. The van der Waals surface area contributed by atoms with Crippen molar-refractivity contribution in [1.29, 1.82) is 0 Å². The van der Waals surface area contributed by atoms with Gasteiger partial charge in [0.25, 0.3) is 0 Å². The standard InChI is InChI=1S/C8H14O3/c1-3-4-5-7(9)6-8(10)11-2/h3,7,9H,1,4-6H2,2H3/t7-/m1/s1. The predicted octanol–water partition coefficient (Wildman–Crippen LogP) is 0.877. The van der Waals surface area contributed by atoms with Crippen LogP contribution < -0.4 is 0 Å². The molecule has 0 aliphatic carbocycles. The van der Waals surface area contributed by atoms with Crippen LogP contribution in [0.2, 0.25) is 0 Å². The van der Waals surface area contributed by atoms with E-state index in [0.717, 1.165) is 6.42 Å². The zero-order chi connectivity index (χ0) is 8.69. The number of ether oxygens (including phenoxy) is 1. The van der Waals surface area contributed by atoms with Gasteiger partial charge in [0.2, 0.25) is 0 Å². The quantitative estimate of drug-likeness (QED) is 0.477. The summed E-state index contributed by atoms with van der Waals surface area (Å²) in [4.78, 5) is 10.6. The van der Waals surface area contributed by atoms with E-state index in [1.807, 2.05) is 0 Å². The molecule has 64 valence electrons. The molecule has 0 unspecified atom stereocenters. The van der Waals surface area contributed by atoms with Crippen molar-refractivity contribution in [3.8, 4) is 0 Å². The number of methoxy groups -OCH3 is 1. The fraction of sp³-hybridized carbons (Fsp3) is 0.625. The third-order valence-electron chi connectivity index (χ3n) is 1.33. The Balaban J connectivity index is 3.42. The monoisotopic (exact) mass is 158 g/mol. The van der Waals surface area contributed by atoms with Crippen LogP contribution in [0.1, 0.15) is 19.3 Å². The molecule has 11 heavy (non-hydrogen) atoms. The number of aliphatic hydroxyl groups excluding tert-OH is 1. The molecule has 1 N–H and O–H groups in total. The second-order valence-corrected chi connectivity index (χ2v) is 2.30. The summed E-state index contributed by atoms with van der Waals surface area (Å²) in [5, 5.41) is 9.13. The Bertz CT molecular complexity index is 131. The lowest BCUT2D eigenvalue weighted by molar-refractivity contribution is -0.142. The Hall–Kier alpha value is -0.830. The molecule has 0 aliphatic rings. The average molecular weight is 158 g/mol. The highest BCUT2D eigenvalue weighted by atomic mass is 16.5. The van der Waals surface area contributed by atoms with Crippen molar-refractivity contribution in [3.63, 3.8) is 0 Å². The first kappa shape index (κ1) is 10.2.